The number of amides is 1. The fourth-order valence-electron chi connectivity index (χ4n) is 2.19. The first kappa shape index (κ1) is 17.6. The molecule has 26 heavy (non-hydrogen) atoms. The molecule has 0 saturated carbocycles. The second-order valence-corrected chi connectivity index (χ2v) is 5.34. The van der Waals surface area contributed by atoms with Crippen LogP contribution in [0.3, 0.4) is 0 Å². The Bertz CT molecular complexity index is 839. The van der Waals surface area contributed by atoms with Crippen LogP contribution >= 0.6 is 0 Å². The Kier molecular flexibility index (Phi) is 4.70. The molecule has 0 unspecified atom stereocenters. The molecule has 6 nitrogen and oxygen atoms in total. The molecule has 1 N–H and O–H groups in total. The number of ether oxygens (including phenoxy) is 3. The number of carbonyl (C=O) groups excluding carboxylic acids is 2. The zero-order valence-electron chi connectivity index (χ0n) is 13.1. The van der Waals surface area contributed by atoms with E-state index in [9.17, 15) is 22.8 Å². The molecule has 136 valence electrons. The number of halogens is 3. The molecule has 1 amide bonds. The van der Waals surface area contributed by atoms with E-state index in [2.05, 4.69) is 14.8 Å². The van der Waals surface area contributed by atoms with E-state index < -0.39 is 30.6 Å². The van der Waals surface area contributed by atoms with Crippen LogP contribution in [0.15, 0.2) is 42.5 Å². The van der Waals surface area contributed by atoms with Gasteiger partial charge in [0.1, 0.15) is 5.82 Å². The van der Waals surface area contributed by atoms with Crippen LogP contribution in [0.2, 0.25) is 0 Å². The molecule has 0 atom stereocenters. The van der Waals surface area contributed by atoms with E-state index in [0.29, 0.717) is 5.56 Å². The summed E-state index contributed by atoms with van der Waals surface area (Å²) in [4.78, 5) is 23.4. The maximum atomic E-state index is 12.9. The summed E-state index contributed by atoms with van der Waals surface area (Å²) in [5, 5.41) is 2.38. The summed E-state index contributed by atoms with van der Waals surface area (Å²) < 4.78 is 52.0. The molecule has 2 aromatic carbocycles. The van der Waals surface area contributed by atoms with Crippen LogP contribution in [0.25, 0.3) is 0 Å². The third kappa shape index (κ3) is 4.44. The van der Waals surface area contributed by atoms with Crippen LogP contribution in [-0.4, -0.2) is 24.8 Å². The van der Waals surface area contributed by atoms with Gasteiger partial charge in [0.05, 0.1) is 6.42 Å². The summed E-state index contributed by atoms with van der Waals surface area (Å²) in [5.41, 5.74) is 0.707. The number of fused-ring (bicyclic) bond motifs is 1. The number of alkyl halides is 2. The normalized spacial score (nSPS) is 14.0. The minimum absolute atomic E-state index is 0.118. The van der Waals surface area contributed by atoms with Gasteiger partial charge in [-0.05, 0) is 29.8 Å². The Morgan fingerprint density at radius 1 is 1.04 bits per heavy atom. The molecule has 1 aliphatic heterocycles. The van der Waals surface area contributed by atoms with E-state index >= 15 is 0 Å². The van der Waals surface area contributed by atoms with Crippen molar-refractivity contribution in [3.63, 3.8) is 0 Å². The maximum absolute atomic E-state index is 12.9. The summed E-state index contributed by atoms with van der Waals surface area (Å²) in [7, 11) is 0. The van der Waals surface area contributed by atoms with Crippen molar-refractivity contribution in [3.8, 4) is 11.5 Å². The van der Waals surface area contributed by atoms with E-state index in [4.69, 9.17) is 4.74 Å². The van der Waals surface area contributed by atoms with Gasteiger partial charge < -0.3 is 19.5 Å². The summed E-state index contributed by atoms with van der Waals surface area (Å²) >= 11 is 0. The molecule has 0 bridgehead atoms. The topological polar surface area (TPSA) is 73.9 Å². The maximum Gasteiger partial charge on any atom is 0.586 e. The predicted octanol–water partition coefficient (Wildman–Crippen LogP) is 2.87. The van der Waals surface area contributed by atoms with Crippen molar-refractivity contribution in [2.75, 3.05) is 11.9 Å². The van der Waals surface area contributed by atoms with Gasteiger partial charge in [-0.25, -0.2) is 4.39 Å². The standard InChI is InChI=1S/C17H12F3NO5/c18-11-3-1-10(2-4-11)7-16(23)24-9-15(22)21-12-5-6-13-14(8-12)26-17(19,20)25-13/h1-6,8H,7,9H2,(H,21,22). The third-order valence-corrected chi connectivity index (χ3v) is 3.31. The molecular weight excluding hydrogens is 355 g/mol. The number of hydrogen-bond acceptors (Lipinski definition) is 5. The first-order valence-corrected chi connectivity index (χ1v) is 7.40. The monoisotopic (exact) mass is 367 g/mol. The molecule has 1 heterocycles. The molecule has 3 rings (SSSR count). The van der Waals surface area contributed by atoms with Gasteiger partial charge in [0.25, 0.3) is 5.91 Å². The van der Waals surface area contributed by atoms with Gasteiger partial charge in [-0.1, -0.05) is 12.1 Å². The minimum atomic E-state index is -3.75. The van der Waals surface area contributed by atoms with Gasteiger partial charge in [0, 0.05) is 11.8 Å². The number of carbonyl (C=O) groups is 2. The van der Waals surface area contributed by atoms with Crippen molar-refractivity contribution in [1.82, 2.24) is 0 Å². The fourth-order valence-corrected chi connectivity index (χ4v) is 2.19. The van der Waals surface area contributed by atoms with Crippen molar-refractivity contribution >= 4 is 17.6 Å². The van der Waals surface area contributed by atoms with Crippen molar-refractivity contribution < 1.29 is 37.0 Å². The summed E-state index contributed by atoms with van der Waals surface area (Å²) in [5.74, 6) is -2.14. The van der Waals surface area contributed by atoms with E-state index in [-0.39, 0.29) is 23.6 Å². The van der Waals surface area contributed by atoms with Gasteiger partial charge in [-0.2, -0.15) is 0 Å². The number of nitrogens with one attached hydrogen (secondary N) is 1. The lowest BCUT2D eigenvalue weighted by Gasteiger charge is -2.07. The lowest BCUT2D eigenvalue weighted by molar-refractivity contribution is -0.286. The van der Waals surface area contributed by atoms with Crippen LogP contribution in [0, 0.1) is 5.82 Å². The Hall–Kier alpha value is -3.23. The number of rotatable bonds is 5. The highest BCUT2D eigenvalue weighted by molar-refractivity contribution is 5.93. The number of esters is 1. The molecule has 0 fully saturated rings. The number of benzene rings is 2. The molecule has 1 aliphatic rings. The van der Waals surface area contributed by atoms with Crippen LogP contribution in [0.5, 0.6) is 11.5 Å². The van der Waals surface area contributed by atoms with Gasteiger partial charge in [-0.15, -0.1) is 8.78 Å². The predicted molar refractivity (Wildman–Crippen MR) is 82.3 cm³/mol. The summed E-state index contributed by atoms with van der Waals surface area (Å²) in [6.45, 7) is -0.565. The first-order chi connectivity index (χ1) is 12.3. The van der Waals surface area contributed by atoms with Crippen LogP contribution in [0.4, 0.5) is 18.9 Å². The van der Waals surface area contributed by atoms with Crippen molar-refractivity contribution in [1.29, 1.82) is 0 Å². The number of hydrogen-bond donors (Lipinski definition) is 1. The quantitative estimate of drug-likeness (QED) is 0.823. The smallest absolute Gasteiger partial charge is 0.455 e. The molecule has 0 spiro atoms. The summed E-state index contributed by atoms with van der Waals surface area (Å²) in [6, 6.07) is 8.98. The van der Waals surface area contributed by atoms with Crippen molar-refractivity contribution in [2.45, 2.75) is 12.7 Å². The lowest BCUT2D eigenvalue weighted by atomic mass is 10.1. The fraction of sp³-hybridized carbons (Fsp3) is 0.176. The van der Waals surface area contributed by atoms with Gasteiger partial charge >= 0.3 is 12.3 Å². The van der Waals surface area contributed by atoms with Crippen molar-refractivity contribution in [2.24, 2.45) is 0 Å². The van der Waals surface area contributed by atoms with E-state index in [1.807, 2.05) is 0 Å². The Balaban J connectivity index is 1.49. The highest BCUT2D eigenvalue weighted by Gasteiger charge is 2.43. The molecule has 0 radical (unpaired) electrons. The minimum Gasteiger partial charge on any atom is -0.455 e. The van der Waals surface area contributed by atoms with Gasteiger partial charge in [0.15, 0.2) is 18.1 Å². The molecule has 2 aromatic rings. The Morgan fingerprint density at radius 3 is 2.46 bits per heavy atom. The SMILES string of the molecule is O=C(COC(=O)Cc1ccc(F)cc1)Nc1ccc2c(c1)OC(F)(F)O2. The lowest BCUT2D eigenvalue weighted by Crippen LogP contribution is -2.25. The first-order valence-electron chi connectivity index (χ1n) is 7.40. The number of anilines is 1. The average molecular weight is 367 g/mol. The van der Waals surface area contributed by atoms with Gasteiger partial charge in [-0.3, -0.25) is 9.59 Å². The Labute approximate surface area is 145 Å². The summed E-state index contributed by atoms with van der Waals surface area (Å²) in [6.07, 6.45) is -3.87. The van der Waals surface area contributed by atoms with Gasteiger partial charge in [0.2, 0.25) is 0 Å². The highest BCUT2D eigenvalue weighted by Crippen LogP contribution is 2.42. The van der Waals surface area contributed by atoms with Crippen LogP contribution in [-0.2, 0) is 20.7 Å². The molecule has 0 aliphatic carbocycles. The Morgan fingerprint density at radius 2 is 1.73 bits per heavy atom. The molecule has 0 aromatic heterocycles. The second kappa shape index (κ2) is 6.95. The largest absolute Gasteiger partial charge is 0.586 e. The van der Waals surface area contributed by atoms with E-state index in [1.54, 1.807) is 0 Å². The zero-order valence-corrected chi connectivity index (χ0v) is 13.1. The van der Waals surface area contributed by atoms with Crippen LogP contribution < -0.4 is 14.8 Å². The van der Waals surface area contributed by atoms with E-state index in [1.165, 1.54) is 36.4 Å². The molecule has 9 heteroatoms. The van der Waals surface area contributed by atoms with Crippen LogP contribution in [0.1, 0.15) is 5.56 Å². The average Bonchev–Trinajstić information content (AvgIpc) is 2.88. The zero-order chi connectivity index (χ0) is 18.7. The second-order valence-electron chi connectivity index (χ2n) is 5.34. The van der Waals surface area contributed by atoms with E-state index in [0.717, 1.165) is 6.07 Å². The van der Waals surface area contributed by atoms with Crippen molar-refractivity contribution in [3.05, 3.63) is 53.8 Å². The highest BCUT2D eigenvalue weighted by atomic mass is 19.3. The molecule has 0 saturated heterocycles. The third-order valence-electron chi connectivity index (χ3n) is 3.31. The molecular formula is C17H12F3NO5.